The first kappa shape index (κ1) is 11.9. The lowest BCUT2D eigenvalue weighted by molar-refractivity contribution is -0.168. The Morgan fingerprint density at radius 1 is 1.50 bits per heavy atom. The fourth-order valence-corrected chi connectivity index (χ4v) is 4.34. The molecule has 2 nitrogen and oxygen atoms in total. The van der Waals surface area contributed by atoms with Gasteiger partial charge in [-0.05, 0) is 30.8 Å². The minimum atomic E-state index is -0.732. The molecule has 0 saturated heterocycles. The van der Waals surface area contributed by atoms with E-state index in [1.54, 1.807) is 7.11 Å². The summed E-state index contributed by atoms with van der Waals surface area (Å²) in [7, 11) is 1.66. The molecule has 0 aliphatic heterocycles. The Kier molecular flexibility index (Phi) is 2.43. The molecule has 2 heteroatoms. The minimum absolute atomic E-state index is 0.225. The van der Waals surface area contributed by atoms with Crippen molar-refractivity contribution in [3.63, 3.8) is 0 Å². The van der Waals surface area contributed by atoms with Crippen LogP contribution in [0.3, 0.4) is 0 Å². The van der Waals surface area contributed by atoms with Gasteiger partial charge in [-0.3, -0.25) is 4.79 Å². The van der Waals surface area contributed by atoms with Gasteiger partial charge in [0.05, 0.1) is 0 Å². The molecule has 4 aliphatic carbocycles. The molecular formula is C16H20O2. The van der Waals surface area contributed by atoms with E-state index in [9.17, 15) is 4.79 Å². The van der Waals surface area contributed by atoms with Gasteiger partial charge in [0.25, 0.3) is 0 Å². The number of methoxy groups -OCH3 is 1. The molecule has 96 valence electrons. The summed E-state index contributed by atoms with van der Waals surface area (Å²) >= 11 is 0. The SMILES string of the molecule is C=CCC1(C)C(=O)[C@@]2(OC)C=C[C@@H]1[C@@H]1CC=C[C@@H]12. The highest BCUT2D eigenvalue weighted by atomic mass is 16.5. The van der Waals surface area contributed by atoms with Crippen LogP contribution in [0, 0.1) is 23.2 Å². The van der Waals surface area contributed by atoms with Gasteiger partial charge in [-0.15, -0.1) is 6.58 Å². The van der Waals surface area contributed by atoms with Gasteiger partial charge in [-0.25, -0.2) is 0 Å². The van der Waals surface area contributed by atoms with Gasteiger partial charge in [0.15, 0.2) is 11.4 Å². The molecule has 4 aliphatic rings. The molecule has 0 radical (unpaired) electrons. The Balaban J connectivity index is 2.15. The first-order valence-electron chi connectivity index (χ1n) is 6.67. The van der Waals surface area contributed by atoms with E-state index in [-0.39, 0.29) is 17.1 Å². The third-order valence-corrected chi connectivity index (χ3v) is 5.24. The molecule has 5 atom stereocenters. The van der Waals surface area contributed by atoms with Crippen molar-refractivity contribution in [1.82, 2.24) is 0 Å². The van der Waals surface area contributed by atoms with Gasteiger partial charge in [0.2, 0.25) is 0 Å². The van der Waals surface area contributed by atoms with Crippen LogP contribution in [-0.4, -0.2) is 18.5 Å². The molecule has 0 spiro atoms. The van der Waals surface area contributed by atoms with Crippen molar-refractivity contribution in [2.45, 2.75) is 25.4 Å². The van der Waals surface area contributed by atoms with E-state index >= 15 is 0 Å². The number of hydrogen-bond donors (Lipinski definition) is 0. The van der Waals surface area contributed by atoms with Crippen LogP contribution in [0.25, 0.3) is 0 Å². The minimum Gasteiger partial charge on any atom is -0.366 e. The summed E-state index contributed by atoms with van der Waals surface area (Å²) in [5.41, 5.74) is -1.08. The zero-order valence-corrected chi connectivity index (χ0v) is 11.1. The molecule has 2 bridgehead atoms. The predicted octanol–water partition coefficient (Wildman–Crippen LogP) is 2.92. The van der Waals surface area contributed by atoms with E-state index in [1.807, 2.05) is 12.2 Å². The maximum Gasteiger partial charge on any atom is 0.175 e. The van der Waals surface area contributed by atoms with Gasteiger partial charge in [-0.2, -0.15) is 0 Å². The average molecular weight is 244 g/mol. The molecule has 0 aromatic heterocycles. The van der Waals surface area contributed by atoms with Crippen molar-refractivity contribution in [1.29, 1.82) is 0 Å². The number of carbonyl (C=O) groups is 1. The molecule has 0 aromatic carbocycles. The summed E-state index contributed by atoms with van der Waals surface area (Å²) in [6, 6.07) is 0. The molecule has 0 amide bonds. The Morgan fingerprint density at radius 3 is 2.94 bits per heavy atom. The highest BCUT2D eigenvalue weighted by Crippen LogP contribution is 2.59. The quantitative estimate of drug-likeness (QED) is 0.713. The molecule has 0 N–H and O–H groups in total. The van der Waals surface area contributed by atoms with Crippen LogP contribution < -0.4 is 0 Å². The van der Waals surface area contributed by atoms with Gasteiger partial charge in [0.1, 0.15) is 0 Å². The summed E-state index contributed by atoms with van der Waals surface area (Å²) in [5.74, 6) is 1.29. The second kappa shape index (κ2) is 3.67. The van der Waals surface area contributed by atoms with E-state index in [0.717, 1.165) is 12.8 Å². The number of Topliss-reactive ketones (excluding diaryl/α,β-unsaturated/α-hetero) is 1. The number of fused-ring (bicyclic) bond motifs is 1. The van der Waals surface area contributed by atoms with Gasteiger partial charge in [0, 0.05) is 18.4 Å². The molecule has 18 heavy (non-hydrogen) atoms. The summed E-state index contributed by atoms with van der Waals surface area (Å²) in [6.45, 7) is 5.90. The molecule has 1 saturated carbocycles. The van der Waals surface area contributed by atoms with Crippen molar-refractivity contribution in [2.24, 2.45) is 23.2 Å². The number of hydrogen-bond acceptors (Lipinski definition) is 2. The second-order valence-corrected chi connectivity index (χ2v) is 5.98. The van der Waals surface area contributed by atoms with Crippen LogP contribution in [0.5, 0.6) is 0 Å². The maximum atomic E-state index is 12.9. The number of allylic oxidation sites excluding steroid dienone is 3. The largest absolute Gasteiger partial charge is 0.366 e. The number of carbonyl (C=O) groups excluding carboxylic acids is 1. The van der Waals surface area contributed by atoms with Crippen LogP contribution in [0.4, 0.5) is 0 Å². The van der Waals surface area contributed by atoms with Crippen LogP contribution in [0.1, 0.15) is 19.8 Å². The zero-order chi connectivity index (χ0) is 13.0. The Hall–Kier alpha value is -1.15. The lowest BCUT2D eigenvalue weighted by atomic mass is 9.49. The lowest BCUT2D eigenvalue weighted by Crippen LogP contribution is -2.64. The van der Waals surface area contributed by atoms with E-state index < -0.39 is 5.60 Å². The highest BCUT2D eigenvalue weighted by molar-refractivity contribution is 5.98. The fourth-order valence-electron chi connectivity index (χ4n) is 4.34. The number of ketones is 1. The van der Waals surface area contributed by atoms with E-state index in [4.69, 9.17) is 4.74 Å². The lowest BCUT2D eigenvalue weighted by Gasteiger charge is -2.56. The van der Waals surface area contributed by atoms with Crippen molar-refractivity contribution < 1.29 is 9.53 Å². The normalized spacial score (nSPS) is 48.6. The highest BCUT2D eigenvalue weighted by Gasteiger charge is 2.64. The summed E-state index contributed by atoms with van der Waals surface area (Å²) in [5, 5.41) is 0. The Bertz CT molecular complexity index is 462. The number of ether oxygens (including phenoxy) is 1. The van der Waals surface area contributed by atoms with Gasteiger partial charge < -0.3 is 4.74 Å². The average Bonchev–Trinajstić information content (AvgIpc) is 2.85. The molecule has 4 rings (SSSR count). The number of rotatable bonds is 3. The van der Waals surface area contributed by atoms with Crippen molar-refractivity contribution in [2.75, 3.05) is 7.11 Å². The Labute approximate surface area is 108 Å². The van der Waals surface area contributed by atoms with Crippen LogP contribution in [-0.2, 0) is 9.53 Å². The molecular weight excluding hydrogens is 224 g/mol. The standard InChI is InChI=1S/C16H20O2/c1-4-9-15(2)12-8-10-16(18-3,14(15)17)13-7-5-6-11(12)13/h4-5,7-8,10-13H,1,6,9H2,2-3H3/t11-,12+,13-,15?,16+/m0/s1. The summed E-state index contributed by atoms with van der Waals surface area (Å²) < 4.78 is 5.71. The third-order valence-electron chi connectivity index (χ3n) is 5.24. The maximum absolute atomic E-state index is 12.9. The van der Waals surface area contributed by atoms with Crippen molar-refractivity contribution in [3.8, 4) is 0 Å². The Morgan fingerprint density at radius 2 is 2.28 bits per heavy atom. The van der Waals surface area contributed by atoms with Crippen LogP contribution >= 0.6 is 0 Å². The van der Waals surface area contributed by atoms with Gasteiger partial charge >= 0.3 is 0 Å². The van der Waals surface area contributed by atoms with E-state index in [1.165, 1.54) is 0 Å². The third kappa shape index (κ3) is 1.15. The molecule has 0 heterocycles. The summed E-state index contributed by atoms with van der Waals surface area (Å²) in [4.78, 5) is 12.9. The van der Waals surface area contributed by atoms with Crippen molar-refractivity contribution in [3.05, 3.63) is 37.0 Å². The van der Waals surface area contributed by atoms with Crippen molar-refractivity contribution >= 4 is 5.78 Å². The summed E-state index contributed by atoms with van der Waals surface area (Å²) in [6.07, 6.45) is 12.3. The molecule has 1 fully saturated rings. The second-order valence-electron chi connectivity index (χ2n) is 5.98. The molecule has 1 unspecified atom stereocenters. The van der Waals surface area contributed by atoms with E-state index in [2.05, 4.69) is 31.7 Å². The predicted molar refractivity (Wildman–Crippen MR) is 71.0 cm³/mol. The van der Waals surface area contributed by atoms with Crippen LogP contribution in [0.15, 0.2) is 37.0 Å². The van der Waals surface area contributed by atoms with E-state index in [0.29, 0.717) is 11.8 Å². The first-order chi connectivity index (χ1) is 8.60. The topological polar surface area (TPSA) is 26.3 Å². The van der Waals surface area contributed by atoms with Crippen LogP contribution in [0.2, 0.25) is 0 Å². The monoisotopic (exact) mass is 244 g/mol. The zero-order valence-electron chi connectivity index (χ0n) is 11.1. The first-order valence-corrected chi connectivity index (χ1v) is 6.67. The molecule has 0 aromatic rings. The smallest absolute Gasteiger partial charge is 0.175 e. The van der Waals surface area contributed by atoms with Gasteiger partial charge in [-0.1, -0.05) is 31.2 Å². The fraction of sp³-hybridized carbons (Fsp3) is 0.562.